The third-order valence-corrected chi connectivity index (χ3v) is 5.56. The first-order valence-electron chi connectivity index (χ1n) is 8.19. The molecule has 0 unspecified atom stereocenters. The van der Waals surface area contributed by atoms with E-state index in [9.17, 15) is 4.79 Å². The highest BCUT2D eigenvalue weighted by atomic mass is 35.5. The fourth-order valence-electron chi connectivity index (χ4n) is 2.97. The molecule has 1 aliphatic heterocycles. The average Bonchev–Trinajstić information content (AvgIpc) is 3.36. The first-order chi connectivity index (χ1) is 12.6. The topological polar surface area (TPSA) is 58.7 Å². The van der Waals surface area contributed by atoms with Crippen LogP contribution in [-0.4, -0.2) is 21.6 Å². The minimum absolute atomic E-state index is 0.0669. The molecule has 7 heteroatoms. The smallest absolute Gasteiger partial charge is 0.248 e. The molecular weight excluding hydrogens is 370 g/mol. The molecule has 1 amide bonds. The Balaban J connectivity index is 1.64. The Bertz CT molecular complexity index is 948. The predicted octanol–water partition coefficient (Wildman–Crippen LogP) is 4.62. The van der Waals surface area contributed by atoms with E-state index in [1.54, 1.807) is 16.8 Å². The Morgan fingerprint density at radius 1 is 1.35 bits per heavy atom. The molecule has 0 N–H and O–H groups in total. The van der Waals surface area contributed by atoms with Crippen LogP contribution in [0.1, 0.15) is 34.4 Å². The van der Waals surface area contributed by atoms with Gasteiger partial charge < -0.3 is 4.42 Å². The predicted molar refractivity (Wildman–Crippen MR) is 101 cm³/mol. The summed E-state index contributed by atoms with van der Waals surface area (Å²) in [5, 5.41) is 6.83. The van der Waals surface area contributed by atoms with Crippen molar-refractivity contribution in [1.29, 1.82) is 0 Å². The minimum Gasteiger partial charge on any atom is -0.467 e. The number of furan rings is 1. The monoisotopic (exact) mass is 385 g/mol. The number of hydrogen-bond donors (Lipinski definition) is 0. The summed E-state index contributed by atoms with van der Waals surface area (Å²) in [5.74, 6) is 0.662. The molecule has 1 aromatic carbocycles. The van der Waals surface area contributed by atoms with E-state index in [2.05, 4.69) is 10.1 Å². The number of carbonyl (C=O) groups is 1. The van der Waals surface area contributed by atoms with E-state index in [4.69, 9.17) is 16.0 Å². The first-order valence-corrected chi connectivity index (χ1v) is 9.45. The summed E-state index contributed by atoms with van der Waals surface area (Å²) >= 11 is 7.47. The fourth-order valence-corrected chi connectivity index (χ4v) is 3.87. The molecule has 1 atom stereocenters. The van der Waals surface area contributed by atoms with Gasteiger partial charge in [-0.15, -0.1) is 11.3 Å². The summed E-state index contributed by atoms with van der Waals surface area (Å²) in [6.07, 6.45) is 2.50. The lowest BCUT2D eigenvalue weighted by Gasteiger charge is -2.19. The van der Waals surface area contributed by atoms with Crippen molar-refractivity contribution in [2.75, 3.05) is 0 Å². The molecule has 0 fully saturated rings. The Labute approximate surface area is 159 Å². The van der Waals surface area contributed by atoms with E-state index in [1.165, 1.54) is 11.3 Å². The third-order valence-electron chi connectivity index (χ3n) is 4.37. The molecule has 0 spiro atoms. The fraction of sp³-hybridized carbons (Fsp3) is 0.211. The number of amides is 1. The van der Waals surface area contributed by atoms with E-state index in [1.807, 2.05) is 43.3 Å². The highest BCUT2D eigenvalue weighted by Gasteiger charge is 2.35. The molecule has 5 nitrogen and oxygen atoms in total. The molecule has 1 aliphatic rings. The van der Waals surface area contributed by atoms with Crippen LogP contribution in [0.5, 0.6) is 0 Å². The number of rotatable bonds is 4. The zero-order valence-electron chi connectivity index (χ0n) is 14.1. The van der Waals surface area contributed by atoms with Crippen molar-refractivity contribution in [3.8, 4) is 0 Å². The van der Waals surface area contributed by atoms with Gasteiger partial charge in [0, 0.05) is 16.3 Å². The Hall–Kier alpha value is -2.44. The van der Waals surface area contributed by atoms with Crippen LogP contribution >= 0.6 is 22.9 Å². The highest BCUT2D eigenvalue weighted by molar-refractivity contribution is 7.09. The van der Waals surface area contributed by atoms with Crippen LogP contribution in [0.4, 0.5) is 0 Å². The molecule has 2 aromatic heterocycles. The Kier molecular flexibility index (Phi) is 4.61. The summed E-state index contributed by atoms with van der Waals surface area (Å²) in [6, 6.07) is 11.0. The van der Waals surface area contributed by atoms with E-state index in [-0.39, 0.29) is 18.4 Å². The number of thiazole rings is 1. The SMILES string of the molecule is Cc1ncsc1CC(=O)N1N=C(c2ccc(Cl)cc2)C[C@@H]1c1ccco1. The van der Waals surface area contributed by atoms with Crippen molar-refractivity contribution < 1.29 is 9.21 Å². The van der Waals surface area contributed by atoms with E-state index < -0.39 is 0 Å². The quantitative estimate of drug-likeness (QED) is 0.658. The van der Waals surface area contributed by atoms with Gasteiger partial charge in [-0.1, -0.05) is 23.7 Å². The zero-order valence-corrected chi connectivity index (χ0v) is 15.6. The normalized spacial score (nSPS) is 16.8. The largest absolute Gasteiger partial charge is 0.467 e. The first kappa shape index (κ1) is 17.0. The maximum atomic E-state index is 12.9. The second-order valence-corrected chi connectivity index (χ2v) is 7.44. The second kappa shape index (κ2) is 7.05. The van der Waals surface area contributed by atoms with Crippen LogP contribution in [-0.2, 0) is 11.2 Å². The van der Waals surface area contributed by atoms with Gasteiger partial charge >= 0.3 is 0 Å². The van der Waals surface area contributed by atoms with E-state index in [0.717, 1.165) is 27.6 Å². The van der Waals surface area contributed by atoms with E-state index >= 15 is 0 Å². The van der Waals surface area contributed by atoms with Crippen LogP contribution in [0.15, 0.2) is 57.7 Å². The molecule has 0 aliphatic carbocycles. The van der Waals surface area contributed by atoms with Crippen molar-refractivity contribution in [3.05, 3.63) is 75.1 Å². The molecule has 0 radical (unpaired) electrons. The van der Waals surface area contributed by atoms with E-state index in [0.29, 0.717) is 11.4 Å². The summed E-state index contributed by atoms with van der Waals surface area (Å²) in [5.41, 5.74) is 4.45. The van der Waals surface area contributed by atoms with Crippen molar-refractivity contribution in [2.45, 2.75) is 25.8 Å². The number of hydrogen-bond acceptors (Lipinski definition) is 5. The van der Waals surface area contributed by atoms with Crippen molar-refractivity contribution >= 4 is 34.6 Å². The van der Waals surface area contributed by atoms with Crippen LogP contribution in [0.25, 0.3) is 0 Å². The standard InChI is InChI=1S/C19H16ClN3O2S/c1-12-18(26-11-21-12)10-19(24)23-16(17-3-2-8-25-17)9-15(22-23)13-4-6-14(20)7-5-13/h2-8,11,16H,9-10H2,1H3/t16-/m1/s1. The zero-order chi connectivity index (χ0) is 18.1. The summed E-state index contributed by atoms with van der Waals surface area (Å²) < 4.78 is 5.56. The van der Waals surface area contributed by atoms with Crippen molar-refractivity contribution in [1.82, 2.24) is 9.99 Å². The van der Waals surface area contributed by atoms with Gasteiger partial charge in [-0.3, -0.25) is 4.79 Å². The lowest BCUT2D eigenvalue weighted by atomic mass is 10.0. The molecular formula is C19H16ClN3O2S. The molecule has 0 saturated heterocycles. The molecule has 26 heavy (non-hydrogen) atoms. The lowest BCUT2D eigenvalue weighted by Crippen LogP contribution is -2.28. The number of carbonyl (C=O) groups excluding carboxylic acids is 1. The van der Waals surface area contributed by atoms with Crippen molar-refractivity contribution in [2.24, 2.45) is 5.10 Å². The maximum absolute atomic E-state index is 12.9. The Morgan fingerprint density at radius 2 is 2.15 bits per heavy atom. The van der Waals surface area contributed by atoms with Gasteiger partial charge in [-0.05, 0) is 36.8 Å². The van der Waals surface area contributed by atoms with Crippen LogP contribution in [0, 0.1) is 6.92 Å². The van der Waals surface area contributed by atoms with Gasteiger partial charge in [0.05, 0.1) is 29.6 Å². The van der Waals surface area contributed by atoms with Crippen molar-refractivity contribution in [3.63, 3.8) is 0 Å². The molecule has 4 rings (SSSR count). The van der Waals surface area contributed by atoms with Gasteiger partial charge in [-0.25, -0.2) is 9.99 Å². The maximum Gasteiger partial charge on any atom is 0.248 e. The second-order valence-electron chi connectivity index (χ2n) is 6.06. The number of benzene rings is 1. The van der Waals surface area contributed by atoms with Gasteiger partial charge in [0.15, 0.2) is 0 Å². The van der Waals surface area contributed by atoms with Gasteiger partial charge in [0.2, 0.25) is 5.91 Å². The van der Waals surface area contributed by atoms with Crippen LogP contribution < -0.4 is 0 Å². The van der Waals surface area contributed by atoms with Gasteiger partial charge in [-0.2, -0.15) is 5.10 Å². The third kappa shape index (κ3) is 3.30. The summed E-state index contributed by atoms with van der Waals surface area (Å²) in [6.45, 7) is 1.91. The van der Waals surface area contributed by atoms with Crippen LogP contribution in [0.3, 0.4) is 0 Å². The summed E-state index contributed by atoms with van der Waals surface area (Å²) in [7, 11) is 0. The minimum atomic E-state index is -0.239. The molecule has 0 saturated carbocycles. The van der Waals surface area contributed by atoms with Gasteiger partial charge in [0.25, 0.3) is 0 Å². The molecule has 132 valence electrons. The summed E-state index contributed by atoms with van der Waals surface area (Å²) in [4.78, 5) is 18.1. The van der Waals surface area contributed by atoms with Gasteiger partial charge in [0.1, 0.15) is 11.8 Å². The molecule has 3 heterocycles. The molecule has 3 aromatic rings. The lowest BCUT2D eigenvalue weighted by molar-refractivity contribution is -0.132. The number of hydrazone groups is 1. The number of halogens is 1. The number of nitrogens with zero attached hydrogens (tertiary/aromatic N) is 3. The molecule has 0 bridgehead atoms. The number of aryl methyl sites for hydroxylation is 1. The highest BCUT2D eigenvalue weighted by Crippen LogP contribution is 2.34. The van der Waals surface area contributed by atoms with Crippen LogP contribution in [0.2, 0.25) is 5.02 Å². The Morgan fingerprint density at radius 3 is 2.81 bits per heavy atom. The average molecular weight is 386 g/mol. The number of aromatic nitrogens is 1.